The number of anilines is 1. The highest BCUT2D eigenvalue weighted by atomic mass is 19.1. The minimum absolute atomic E-state index is 0.0846. The van der Waals surface area contributed by atoms with Crippen LogP contribution in [-0.2, 0) is 4.79 Å². The predicted octanol–water partition coefficient (Wildman–Crippen LogP) is 0.804. The Morgan fingerprint density at radius 1 is 1.09 bits per heavy atom. The van der Waals surface area contributed by atoms with E-state index < -0.39 is 23.0 Å². The van der Waals surface area contributed by atoms with Crippen LogP contribution in [0, 0.1) is 5.82 Å². The quantitative estimate of drug-likeness (QED) is 0.709. The summed E-state index contributed by atoms with van der Waals surface area (Å²) in [5.74, 6) is -1.31. The second kappa shape index (κ2) is 6.61. The van der Waals surface area contributed by atoms with Crippen molar-refractivity contribution in [1.82, 2.24) is 9.97 Å². The molecule has 1 aromatic heterocycles. The van der Waals surface area contributed by atoms with Gasteiger partial charge in [-0.2, -0.15) is 0 Å². The molecule has 2 aromatic rings. The Labute approximate surface area is 123 Å². The molecule has 0 spiro atoms. The molecule has 0 aliphatic heterocycles. The highest BCUT2D eigenvalue weighted by Crippen LogP contribution is 2.08. The molecule has 1 aromatic carbocycles. The number of carbonyl (C=O) groups excluding carboxylic acids is 2. The van der Waals surface area contributed by atoms with Crippen molar-refractivity contribution < 1.29 is 14.0 Å². The fourth-order valence-electron chi connectivity index (χ4n) is 1.72. The van der Waals surface area contributed by atoms with Crippen molar-refractivity contribution in [2.75, 3.05) is 5.32 Å². The van der Waals surface area contributed by atoms with Crippen LogP contribution in [0.2, 0.25) is 0 Å². The number of hydrogen-bond acceptors (Lipinski definition) is 4. The molecule has 2 rings (SSSR count). The summed E-state index contributed by atoms with van der Waals surface area (Å²) in [6, 6.07) is 4.99. The van der Waals surface area contributed by atoms with Gasteiger partial charge in [0.1, 0.15) is 11.5 Å². The summed E-state index contributed by atoms with van der Waals surface area (Å²) >= 11 is 0. The Hall–Kier alpha value is -3.03. The molecule has 0 saturated carbocycles. The lowest BCUT2D eigenvalue weighted by Crippen LogP contribution is -2.26. The number of hydrogen-bond donors (Lipinski definition) is 3. The average Bonchev–Trinajstić information content (AvgIpc) is 2.48. The minimum atomic E-state index is -0.734. The molecule has 0 radical (unpaired) electrons. The van der Waals surface area contributed by atoms with Gasteiger partial charge >= 0.3 is 5.69 Å². The molecule has 7 nitrogen and oxygen atoms in total. The molecule has 0 fully saturated rings. The maximum Gasteiger partial charge on any atom is 0.325 e. The van der Waals surface area contributed by atoms with E-state index in [9.17, 15) is 23.6 Å². The van der Waals surface area contributed by atoms with Gasteiger partial charge in [0, 0.05) is 24.6 Å². The van der Waals surface area contributed by atoms with Crippen LogP contribution < -0.4 is 16.6 Å². The molecular formula is C14H12FN3O4. The summed E-state index contributed by atoms with van der Waals surface area (Å²) in [5.41, 5.74) is -1.23. The molecule has 0 atom stereocenters. The lowest BCUT2D eigenvalue weighted by Gasteiger charge is -2.04. The third-order valence-corrected chi connectivity index (χ3v) is 2.84. The van der Waals surface area contributed by atoms with Crippen molar-refractivity contribution in [3.05, 3.63) is 62.7 Å². The first-order chi connectivity index (χ1) is 10.5. The fourth-order valence-corrected chi connectivity index (χ4v) is 1.72. The summed E-state index contributed by atoms with van der Waals surface area (Å²) in [4.78, 5) is 49.9. The van der Waals surface area contributed by atoms with E-state index in [4.69, 9.17) is 0 Å². The van der Waals surface area contributed by atoms with Crippen LogP contribution >= 0.6 is 0 Å². The number of nitrogens with one attached hydrogen (secondary N) is 3. The maximum absolute atomic E-state index is 12.7. The molecule has 0 aliphatic carbocycles. The van der Waals surface area contributed by atoms with Crippen LogP contribution in [0.3, 0.4) is 0 Å². The second-order valence-corrected chi connectivity index (χ2v) is 4.46. The molecular weight excluding hydrogens is 293 g/mol. The smallest absolute Gasteiger partial charge is 0.320 e. The Kier molecular flexibility index (Phi) is 4.62. The predicted molar refractivity (Wildman–Crippen MR) is 76.3 cm³/mol. The van der Waals surface area contributed by atoms with Crippen molar-refractivity contribution in [2.45, 2.75) is 12.8 Å². The number of benzene rings is 1. The molecule has 1 amide bonds. The Bertz CT molecular complexity index is 808. The Morgan fingerprint density at radius 3 is 2.41 bits per heavy atom. The number of H-pyrrole nitrogens is 2. The van der Waals surface area contributed by atoms with Gasteiger partial charge in [0.25, 0.3) is 5.56 Å². The molecule has 8 heteroatoms. The third kappa shape index (κ3) is 3.98. The lowest BCUT2D eigenvalue weighted by atomic mass is 10.1. The Balaban J connectivity index is 1.92. The van der Waals surface area contributed by atoms with Gasteiger partial charge < -0.3 is 10.3 Å². The van der Waals surface area contributed by atoms with Gasteiger partial charge in [-0.3, -0.25) is 19.4 Å². The van der Waals surface area contributed by atoms with Crippen molar-refractivity contribution in [3.63, 3.8) is 0 Å². The van der Waals surface area contributed by atoms with Crippen LogP contribution in [0.25, 0.3) is 0 Å². The SMILES string of the molecule is O=C(CCC(=O)c1ccc(F)cc1)Nc1c[nH]c(=O)[nH]c1=O. The van der Waals surface area contributed by atoms with E-state index in [2.05, 4.69) is 10.3 Å². The lowest BCUT2D eigenvalue weighted by molar-refractivity contribution is -0.116. The first-order valence-electron chi connectivity index (χ1n) is 6.36. The zero-order valence-electron chi connectivity index (χ0n) is 11.3. The molecule has 114 valence electrons. The number of rotatable bonds is 5. The molecule has 0 saturated heterocycles. The van der Waals surface area contributed by atoms with Crippen molar-refractivity contribution >= 4 is 17.4 Å². The maximum atomic E-state index is 12.7. The van der Waals surface area contributed by atoms with Gasteiger partial charge in [-0.1, -0.05) is 0 Å². The average molecular weight is 305 g/mol. The molecule has 0 unspecified atom stereocenters. The van der Waals surface area contributed by atoms with Crippen LogP contribution in [-0.4, -0.2) is 21.7 Å². The first kappa shape index (κ1) is 15.4. The molecule has 0 bridgehead atoms. The topological polar surface area (TPSA) is 112 Å². The van der Waals surface area contributed by atoms with Crippen molar-refractivity contribution in [2.24, 2.45) is 0 Å². The normalized spacial score (nSPS) is 10.2. The number of aromatic amines is 2. The highest BCUT2D eigenvalue weighted by molar-refractivity contribution is 5.99. The zero-order valence-corrected chi connectivity index (χ0v) is 11.3. The van der Waals surface area contributed by atoms with Crippen LogP contribution in [0.4, 0.5) is 10.1 Å². The number of Topliss-reactive ketones (excluding diaryl/α,β-unsaturated/α-hetero) is 1. The Morgan fingerprint density at radius 2 is 1.77 bits per heavy atom. The zero-order chi connectivity index (χ0) is 16.1. The summed E-state index contributed by atoms with van der Waals surface area (Å²) in [7, 11) is 0. The number of carbonyl (C=O) groups is 2. The van der Waals surface area contributed by atoms with Gasteiger partial charge in [0.2, 0.25) is 5.91 Å². The first-order valence-corrected chi connectivity index (χ1v) is 6.36. The van der Waals surface area contributed by atoms with Crippen LogP contribution in [0.1, 0.15) is 23.2 Å². The van der Waals surface area contributed by atoms with E-state index in [-0.39, 0.29) is 24.3 Å². The minimum Gasteiger partial charge on any atom is -0.320 e. The standard InChI is InChI=1S/C14H12FN3O4/c15-9-3-1-8(2-4-9)11(19)5-6-12(20)17-10-7-16-14(22)18-13(10)21/h1-4,7H,5-6H2,(H,17,20)(H2,16,18,21,22). The number of aromatic nitrogens is 2. The van der Waals surface area contributed by atoms with E-state index in [0.29, 0.717) is 5.56 Å². The van der Waals surface area contributed by atoms with E-state index >= 15 is 0 Å². The van der Waals surface area contributed by atoms with Crippen molar-refractivity contribution in [3.8, 4) is 0 Å². The molecule has 22 heavy (non-hydrogen) atoms. The van der Waals surface area contributed by atoms with Gasteiger partial charge in [-0.25, -0.2) is 9.18 Å². The monoisotopic (exact) mass is 305 g/mol. The molecule has 3 N–H and O–H groups in total. The van der Waals surface area contributed by atoms with E-state index in [1.807, 2.05) is 4.98 Å². The molecule has 1 heterocycles. The molecule has 0 aliphatic rings. The van der Waals surface area contributed by atoms with E-state index in [1.54, 1.807) is 0 Å². The number of amides is 1. The van der Waals surface area contributed by atoms with Gasteiger partial charge in [-0.05, 0) is 24.3 Å². The van der Waals surface area contributed by atoms with Gasteiger partial charge in [0.05, 0.1) is 0 Å². The summed E-state index contributed by atoms with van der Waals surface area (Å²) in [5, 5.41) is 2.29. The van der Waals surface area contributed by atoms with Crippen LogP contribution in [0.15, 0.2) is 40.1 Å². The van der Waals surface area contributed by atoms with Crippen molar-refractivity contribution in [1.29, 1.82) is 0 Å². The number of ketones is 1. The number of halogens is 1. The summed E-state index contributed by atoms with van der Waals surface area (Å²) in [6.07, 6.45) is 0.842. The fraction of sp³-hybridized carbons (Fsp3) is 0.143. The third-order valence-electron chi connectivity index (χ3n) is 2.84. The van der Waals surface area contributed by atoms with Crippen LogP contribution in [0.5, 0.6) is 0 Å². The van der Waals surface area contributed by atoms with E-state index in [1.165, 1.54) is 12.1 Å². The second-order valence-electron chi connectivity index (χ2n) is 4.46. The summed E-state index contributed by atoms with van der Waals surface area (Å²) in [6.45, 7) is 0. The highest BCUT2D eigenvalue weighted by Gasteiger charge is 2.11. The van der Waals surface area contributed by atoms with Gasteiger partial charge in [0.15, 0.2) is 5.78 Å². The van der Waals surface area contributed by atoms with E-state index in [0.717, 1.165) is 18.3 Å². The summed E-state index contributed by atoms with van der Waals surface area (Å²) < 4.78 is 12.7. The van der Waals surface area contributed by atoms with Gasteiger partial charge in [-0.15, -0.1) is 0 Å². The largest absolute Gasteiger partial charge is 0.325 e.